The van der Waals surface area contributed by atoms with E-state index in [1.807, 2.05) is 12.1 Å². The molecular formula is C19H15F3N2O4. The van der Waals surface area contributed by atoms with Crippen molar-refractivity contribution in [1.29, 1.82) is 0 Å². The van der Waals surface area contributed by atoms with Crippen LogP contribution in [0.3, 0.4) is 0 Å². The first-order valence-electron chi connectivity index (χ1n) is 8.10. The zero-order valence-corrected chi connectivity index (χ0v) is 14.6. The number of amides is 1. The van der Waals surface area contributed by atoms with Gasteiger partial charge in [-0.2, -0.15) is 0 Å². The van der Waals surface area contributed by atoms with Gasteiger partial charge >= 0.3 is 12.3 Å². The van der Waals surface area contributed by atoms with Gasteiger partial charge in [-0.1, -0.05) is 18.2 Å². The average molecular weight is 392 g/mol. The Morgan fingerprint density at radius 2 is 1.75 bits per heavy atom. The number of aryl methyl sites for hydroxylation is 1. The third kappa shape index (κ3) is 4.61. The fourth-order valence-corrected chi connectivity index (χ4v) is 2.65. The van der Waals surface area contributed by atoms with Gasteiger partial charge in [0.2, 0.25) is 0 Å². The van der Waals surface area contributed by atoms with Crippen molar-refractivity contribution >= 4 is 28.5 Å². The number of para-hydroxylation sites is 1. The van der Waals surface area contributed by atoms with Crippen molar-refractivity contribution in [2.45, 2.75) is 6.36 Å². The van der Waals surface area contributed by atoms with Gasteiger partial charge in [0.1, 0.15) is 5.75 Å². The maximum Gasteiger partial charge on any atom is 0.573 e. The Labute approximate surface area is 157 Å². The highest BCUT2D eigenvalue weighted by Crippen LogP contribution is 2.24. The molecule has 3 rings (SSSR count). The van der Waals surface area contributed by atoms with E-state index in [1.54, 1.807) is 29.9 Å². The number of hydrogen-bond donors (Lipinski definition) is 1. The average Bonchev–Trinajstić information content (AvgIpc) is 2.97. The molecule has 1 aromatic heterocycles. The molecule has 0 aliphatic heterocycles. The summed E-state index contributed by atoms with van der Waals surface area (Å²) in [7, 11) is 1.79. The molecule has 0 saturated heterocycles. The molecule has 0 spiro atoms. The van der Waals surface area contributed by atoms with Crippen LogP contribution in [0.25, 0.3) is 10.9 Å². The molecular weight excluding hydrogens is 377 g/mol. The fourth-order valence-electron chi connectivity index (χ4n) is 2.65. The number of nitrogens with zero attached hydrogens (tertiary/aromatic N) is 1. The Morgan fingerprint density at radius 3 is 2.43 bits per heavy atom. The Kier molecular flexibility index (Phi) is 5.25. The number of aromatic nitrogens is 1. The van der Waals surface area contributed by atoms with E-state index in [4.69, 9.17) is 4.74 Å². The molecule has 9 heteroatoms. The second-order valence-corrected chi connectivity index (χ2v) is 5.87. The van der Waals surface area contributed by atoms with E-state index in [0.717, 1.165) is 17.6 Å². The summed E-state index contributed by atoms with van der Waals surface area (Å²) in [5.74, 6) is -1.69. The molecule has 3 aromatic rings. The summed E-state index contributed by atoms with van der Waals surface area (Å²) in [6, 6.07) is 11.9. The van der Waals surface area contributed by atoms with Crippen molar-refractivity contribution in [1.82, 2.24) is 4.57 Å². The lowest BCUT2D eigenvalue weighted by Crippen LogP contribution is -2.21. The van der Waals surface area contributed by atoms with E-state index in [1.165, 1.54) is 12.1 Å². The number of nitrogens with one attached hydrogen (secondary N) is 1. The van der Waals surface area contributed by atoms with Crippen LogP contribution >= 0.6 is 0 Å². The number of anilines is 1. The van der Waals surface area contributed by atoms with Crippen LogP contribution in [0.2, 0.25) is 0 Å². The van der Waals surface area contributed by atoms with Crippen LogP contribution in [0.15, 0.2) is 54.7 Å². The molecule has 0 bridgehead atoms. The third-order valence-electron chi connectivity index (χ3n) is 3.82. The van der Waals surface area contributed by atoms with E-state index in [9.17, 15) is 22.8 Å². The molecule has 0 unspecified atom stereocenters. The lowest BCUT2D eigenvalue weighted by atomic mass is 10.2. The van der Waals surface area contributed by atoms with Gasteiger partial charge in [0.05, 0.1) is 5.56 Å². The minimum absolute atomic E-state index is 0.237. The molecule has 0 fully saturated rings. The number of ether oxygens (including phenoxy) is 2. The number of carbonyl (C=O) groups excluding carboxylic acids is 2. The smallest absolute Gasteiger partial charge is 0.452 e. The van der Waals surface area contributed by atoms with Crippen molar-refractivity contribution in [3.05, 3.63) is 60.3 Å². The first-order valence-corrected chi connectivity index (χ1v) is 8.10. The molecule has 0 radical (unpaired) electrons. The number of esters is 1. The summed E-state index contributed by atoms with van der Waals surface area (Å²) < 4.78 is 46.9. The molecule has 0 aliphatic carbocycles. The van der Waals surface area contributed by atoms with E-state index < -0.39 is 30.6 Å². The summed E-state index contributed by atoms with van der Waals surface area (Å²) in [4.78, 5) is 24.2. The maximum absolute atomic E-state index is 12.3. The third-order valence-corrected chi connectivity index (χ3v) is 3.82. The summed E-state index contributed by atoms with van der Waals surface area (Å²) in [5.41, 5.74) is 1.42. The van der Waals surface area contributed by atoms with Crippen molar-refractivity contribution in [3.63, 3.8) is 0 Å². The first kappa shape index (κ1) is 19.3. The van der Waals surface area contributed by atoms with Gasteiger partial charge < -0.3 is 19.4 Å². The van der Waals surface area contributed by atoms with Crippen molar-refractivity contribution in [2.75, 3.05) is 11.9 Å². The standard InChI is InChI=1S/C19H15F3N2O4/c1-24-10-15(14-4-2-3-5-16(14)24)18(26)27-11-17(25)23-12-6-8-13(9-7-12)28-19(20,21)22/h2-10H,11H2,1H3,(H,23,25). The van der Waals surface area contributed by atoms with Crippen molar-refractivity contribution in [3.8, 4) is 5.75 Å². The predicted molar refractivity (Wildman–Crippen MR) is 95.0 cm³/mol. The van der Waals surface area contributed by atoms with Gasteiger partial charge in [-0.3, -0.25) is 4.79 Å². The minimum Gasteiger partial charge on any atom is -0.452 e. The molecule has 0 saturated carbocycles. The number of hydrogen-bond acceptors (Lipinski definition) is 4. The maximum atomic E-state index is 12.3. The van der Waals surface area contributed by atoms with E-state index >= 15 is 0 Å². The van der Waals surface area contributed by atoms with Gasteiger partial charge in [-0.05, 0) is 30.3 Å². The molecule has 2 aromatic carbocycles. The molecule has 1 heterocycles. The summed E-state index contributed by atoms with van der Waals surface area (Å²) in [6.07, 6.45) is -3.18. The molecule has 146 valence electrons. The highest BCUT2D eigenvalue weighted by atomic mass is 19.4. The normalized spacial score (nSPS) is 11.3. The molecule has 1 amide bonds. The number of halogens is 3. The summed E-state index contributed by atoms with van der Waals surface area (Å²) >= 11 is 0. The molecule has 0 aliphatic rings. The van der Waals surface area contributed by atoms with Gasteiger partial charge in [0.25, 0.3) is 5.91 Å². The molecule has 28 heavy (non-hydrogen) atoms. The number of alkyl halides is 3. The van der Waals surface area contributed by atoms with Gasteiger partial charge in [-0.15, -0.1) is 13.2 Å². The number of benzene rings is 2. The topological polar surface area (TPSA) is 69.6 Å². The Balaban J connectivity index is 1.57. The van der Waals surface area contributed by atoms with Crippen LogP contribution in [0.1, 0.15) is 10.4 Å². The van der Waals surface area contributed by atoms with E-state index in [2.05, 4.69) is 10.1 Å². The minimum atomic E-state index is -4.79. The van der Waals surface area contributed by atoms with Crippen LogP contribution < -0.4 is 10.1 Å². The van der Waals surface area contributed by atoms with Crippen LogP contribution in [-0.4, -0.2) is 29.4 Å². The SMILES string of the molecule is Cn1cc(C(=O)OCC(=O)Nc2ccc(OC(F)(F)F)cc2)c2ccccc21. The highest BCUT2D eigenvalue weighted by molar-refractivity contribution is 6.05. The summed E-state index contributed by atoms with van der Waals surface area (Å²) in [5, 5.41) is 3.13. The van der Waals surface area contributed by atoms with E-state index in [-0.39, 0.29) is 5.69 Å². The lowest BCUT2D eigenvalue weighted by molar-refractivity contribution is -0.274. The Hall–Kier alpha value is -3.49. The molecule has 6 nitrogen and oxygen atoms in total. The Morgan fingerprint density at radius 1 is 1.07 bits per heavy atom. The Bertz CT molecular complexity index is 1010. The van der Waals surface area contributed by atoms with Crippen LogP contribution in [-0.2, 0) is 16.6 Å². The fraction of sp³-hybridized carbons (Fsp3) is 0.158. The second-order valence-electron chi connectivity index (χ2n) is 5.87. The number of fused-ring (bicyclic) bond motifs is 1. The van der Waals surface area contributed by atoms with Crippen LogP contribution in [0, 0.1) is 0 Å². The first-order chi connectivity index (χ1) is 13.2. The van der Waals surface area contributed by atoms with Crippen LogP contribution in [0.4, 0.5) is 18.9 Å². The quantitative estimate of drug-likeness (QED) is 0.670. The predicted octanol–water partition coefficient (Wildman–Crippen LogP) is 3.87. The lowest BCUT2D eigenvalue weighted by Gasteiger charge is -2.10. The number of rotatable bonds is 5. The van der Waals surface area contributed by atoms with Crippen LogP contribution in [0.5, 0.6) is 5.75 Å². The monoisotopic (exact) mass is 392 g/mol. The zero-order valence-electron chi connectivity index (χ0n) is 14.6. The van der Waals surface area contributed by atoms with Gasteiger partial charge in [-0.25, -0.2) is 4.79 Å². The largest absolute Gasteiger partial charge is 0.573 e. The number of carbonyl (C=O) groups is 2. The second kappa shape index (κ2) is 7.63. The van der Waals surface area contributed by atoms with Crippen molar-refractivity contribution < 1.29 is 32.2 Å². The summed E-state index contributed by atoms with van der Waals surface area (Å²) in [6.45, 7) is -0.539. The van der Waals surface area contributed by atoms with Gasteiger partial charge in [0.15, 0.2) is 6.61 Å². The van der Waals surface area contributed by atoms with E-state index in [0.29, 0.717) is 10.9 Å². The van der Waals surface area contributed by atoms with Crippen molar-refractivity contribution in [2.24, 2.45) is 7.05 Å². The highest BCUT2D eigenvalue weighted by Gasteiger charge is 2.31. The molecule has 1 N–H and O–H groups in total. The zero-order chi connectivity index (χ0) is 20.3. The molecule has 0 atom stereocenters. The van der Waals surface area contributed by atoms with Gasteiger partial charge in [0, 0.05) is 29.8 Å².